The first kappa shape index (κ1) is 20.6. The second-order valence-corrected chi connectivity index (χ2v) is 7.71. The van der Waals surface area contributed by atoms with Crippen LogP contribution in [0.15, 0.2) is 60.9 Å². The highest BCUT2D eigenvalue weighted by atomic mass is 35.5. The molecule has 31 heavy (non-hydrogen) atoms. The van der Waals surface area contributed by atoms with E-state index < -0.39 is 5.97 Å². The van der Waals surface area contributed by atoms with Crippen LogP contribution in [0.1, 0.15) is 34.0 Å². The fourth-order valence-corrected chi connectivity index (χ4v) is 4.02. The van der Waals surface area contributed by atoms with Gasteiger partial charge in [-0.15, -0.1) is 0 Å². The minimum Gasteiger partial charge on any atom is -0.478 e. The molecule has 0 unspecified atom stereocenters. The molecular weight excluding hydrogens is 412 g/mol. The maximum atomic E-state index is 11.8. The second kappa shape index (κ2) is 8.24. The van der Waals surface area contributed by atoms with E-state index in [0.717, 1.165) is 34.1 Å². The van der Waals surface area contributed by atoms with Crippen LogP contribution in [-0.4, -0.2) is 26.5 Å². The Bertz CT molecular complexity index is 1330. The van der Waals surface area contributed by atoms with E-state index in [1.165, 1.54) is 12.3 Å². The number of fused-ring (bicyclic) bond motifs is 1. The van der Waals surface area contributed by atoms with Gasteiger partial charge in [0.1, 0.15) is 5.84 Å². The number of aromatic nitrogens is 2. The number of aryl methyl sites for hydroxylation is 1. The average Bonchev–Trinajstić information content (AvgIpc) is 3.11. The lowest BCUT2D eigenvalue weighted by Crippen LogP contribution is -2.10. The Morgan fingerprint density at radius 1 is 1.19 bits per heavy atom. The first-order valence-corrected chi connectivity index (χ1v) is 10.2. The van der Waals surface area contributed by atoms with Gasteiger partial charge in [0.2, 0.25) is 0 Å². The van der Waals surface area contributed by atoms with Crippen molar-refractivity contribution < 1.29 is 9.90 Å². The van der Waals surface area contributed by atoms with Gasteiger partial charge in [-0.05, 0) is 30.2 Å². The van der Waals surface area contributed by atoms with Gasteiger partial charge in [-0.2, -0.15) is 0 Å². The average molecular weight is 433 g/mol. The number of aromatic carboxylic acids is 1. The van der Waals surface area contributed by atoms with Crippen molar-refractivity contribution in [3.63, 3.8) is 0 Å². The molecule has 0 aliphatic rings. The number of nitrogens with zero attached hydrogens (tertiary/aromatic N) is 2. The summed E-state index contributed by atoms with van der Waals surface area (Å²) in [5.74, 6) is -1.04. The number of pyridine rings is 1. The highest BCUT2D eigenvalue weighted by Gasteiger charge is 2.18. The zero-order chi connectivity index (χ0) is 22.1. The Labute approximate surface area is 184 Å². The predicted molar refractivity (Wildman–Crippen MR) is 123 cm³/mol. The summed E-state index contributed by atoms with van der Waals surface area (Å²) in [7, 11) is 0. The normalized spacial score (nSPS) is 11.0. The first-order valence-electron chi connectivity index (χ1n) is 9.82. The molecule has 0 atom stereocenters. The van der Waals surface area contributed by atoms with Crippen LogP contribution in [0.2, 0.25) is 5.02 Å². The van der Waals surface area contributed by atoms with Crippen molar-refractivity contribution in [2.45, 2.75) is 19.9 Å². The van der Waals surface area contributed by atoms with Gasteiger partial charge in [0, 0.05) is 47.4 Å². The maximum absolute atomic E-state index is 11.8. The third kappa shape index (κ3) is 3.90. The summed E-state index contributed by atoms with van der Waals surface area (Å²) >= 11 is 5.98. The van der Waals surface area contributed by atoms with Crippen LogP contribution >= 0.6 is 11.6 Å². The van der Waals surface area contributed by atoms with Crippen LogP contribution in [0.5, 0.6) is 0 Å². The number of carboxylic acid groups (broad SMARTS) is 1. The predicted octanol–water partition coefficient (Wildman–Crippen LogP) is 4.95. The number of carboxylic acids is 1. The number of rotatable bonds is 6. The Kier molecular flexibility index (Phi) is 5.48. The van der Waals surface area contributed by atoms with Gasteiger partial charge in [-0.3, -0.25) is 10.4 Å². The molecule has 4 aromatic rings. The van der Waals surface area contributed by atoms with E-state index in [9.17, 15) is 9.90 Å². The van der Waals surface area contributed by atoms with Crippen LogP contribution in [0, 0.1) is 5.41 Å². The SMILES string of the molecule is CCn1cc(Cc2ccccc2-c2ncc(Cl)cc2C(=O)O)c2ccc(C(=N)N)cc21. The van der Waals surface area contributed by atoms with Gasteiger partial charge in [-0.25, -0.2) is 4.79 Å². The standard InChI is InChI=1S/C24H21ClN4O2/c1-2-29-13-16(18-8-7-15(23(26)27)10-21(18)29)9-14-5-3-4-6-19(14)22-20(24(30)31)11-17(25)12-28-22/h3-8,10-13H,2,9H2,1H3,(H3,26,27)(H,30,31). The number of nitrogens with two attached hydrogens (primary N) is 1. The largest absolute Gasteiger partial charge is 0.478 e. The van der Waals surface area contributed by atoms with Gasteiger partial charge in [-0.1, -0.05) is 48.0 Å². The summed E-state index contributed by atoms with van der Waals surface area (Å²) in [5.41, 5.74) is 10.7. The number of nitrogen functional groups attached to an aromatic ring is 1. The van der Waals surface area contributed by atoms with E-state index in [4.69, 9.17) is 22.7 Å². The van der Waals surface area contributed by atoms with E-state index in [2.05, 4.69) is 22.7 Å². The molecule has 4 rings (SSSR count). The number of benzene rings is 2. The Balaban J connectivity index is 1.84. The van der Waals surface area contributed by atoms with Crippen LogP contribution in [-0.2, 0) is 13.0 Å². The molecule has 2 aromatic carbocycles. The molecular formula is C24H21ClN4O2. The molecule has 0 aliphatic heterocycles. The molecule has 0 aliphatic carbocycles. The van der Waals surface area contributed by atoms with Crippen molar-refractivity contribution in [1.82, 2.24) is 9.55 Å². The zero-order valence-electron chi connectivity index (χ0n) is 16.9. The van der Waals surface area contributed by atoms with Crippen LogP contribution in [0.4, 0.5) is 0 Å². The van der Waals surface area contributed by atoms with Crippen molar-refractivity contribution in [3.8, 4) is 11.3 Å². The number of halogens is 1. The van der Waals surface area contributed by atoms with Gasteiger partial charge in [0.25, 0.3) is 0 Å². The molecule has 2 heterocycles. The van der Waals surface area contributed by atoms with E-state index in [1.807, 2.05) is 42.5 Å². The molecule has 0 spiro atoms. The lowest BCUT2D eigenvalue weighted by atomic mass is 9.95. The first-order chi connectivity index (χ1) is 14.9. The molecule has 2 aromatic heterocycles. The number of carbonyl (C=O) groups is 1. The Morgan fingerprint density at radius 3 is 2.68 bits per heavy atom. The number of amidine groups is 1. The van der Waals surface area contributed by atoms with Crippen molar-refractivity contribution in [3.05, 3.63) is 88.2 Å². The smallest absolute Gasteiger partial charge is 0.337 e. The highest BCUT2D eigenvalue weighted by Crippen LogP contribution is 2.31. The molecule has 0 radical (unpaired) electrons. The molecule has 0 saturated heterocycles. The van der Waals surface area contributed by atoms with E-state index in [1.54, 1.807) is 0 Å². The minimum atomic E-state index is -1.07. The van der Waals surface area contributed by atoms with Crippen molar-refractivity contribution in [2.24, 2.45) is 5.73 Å². The number of hydrogen-bond donors (Lipinski definition) is 3. The fraction of sp³-hybridized carbons (Fsp3) is 0.125. The summed E-state index contributed by atoms with van der Waals surface area (Å²) < 4.78 is 2.13. The topological polar surface area (TPSA) is 105 Å². The number of nitrogens with one attached hydrogen (secondary N) is 1. The zero-order valence-corrected chi connectivity index (χ0v) is 17.6. The van der Waals surface area contributed by atoms with E-state index >= 15 is 0 Å². The van der Waals surface area contributed by atoms with Gasteiger partial charge < -0.3 is 15.4 Å². The van der Waals surface area contributed by atoms with Crippen LogP contribution in [0.3, 0.4) is 0 Å². The van der Waals surface area contributed by atoms with Crippen molar-refractivity contribution in [2.75, 3.05) is 0 Å². The minimum absolute atomic E-state index is 0.0349. The Morgan fingerprint density at radius 2 is 1.97 bits per heavy atom. The van der Waals surface area contributed by atoms with Gasteiger partial charge >= 0.3 is 5.97 Å². The fourth-order valence-electron chi connectivity index (χ4n) is 3.87. The molecule has 0 bridgehead atoms. The quantitative estimate of drug-likeness (QED) is 0.296. The summed E-state index contributed by atoms with van der Waals surface area (Å²) in [6.07, 6.45) is 4.16. The molecule has 4 N–H and O–H groups in total. The van der Waals surface area contributed by atoms with E-state index in [-0.39, 0.29) is 16.4 Å². The molecule has 7 heteroatoms. The highest BCUT2D eigenvalue weighted by molar-refractivity contribution is 6.30. The monoisotopic (exact) mass is 432 g/mol. The molecule has 6 nitrogen and oxygen atoms in total. The lowest BCUT2D eigenvalue weighted by molar-refractivity contribution is 0.0697. The van der Waals surface area contributed by atoms with Gasteiger partial charge in [0.05, 0.1) is 16.3 Å². The third-order valence-corrected chi connectivity index (χ3v) is 5.56. The maximum Gasteiger partial charge on any atom is 0.337 e. The lowest BCUT2D eigenvalue weighted by Gasteiger charge is -2.11. The molecule has 0 amide bonds. The van der Waals surface area contributed by atoms with Gasteiger partial charge in [0.15, 0.2) is 0 Å². The molecule has 0 fully saturated rings. The van der Waals surface area contributed by atoms with Crippen LogP contribution in [0.25, 0.3) is 22.2 Å². The summed E-state index contributed by atoms with van der Waals surface area (Å²) in [6, 6.07) is 14.9. The molecule has 156 valence electrons. The Hall–Kier alpha value is -3.64. The number of hydrogen-bond acceptors (Lipinski definition) is 3. The van der Waals surface area contributed by atoms with E-state index in [0.29, 0.717) is 17.7 Å². The summed E-state index contributed by atoms with van der Waals surface area (Å²) in [6.45, 7) is 2.84. The molecule has 0 saturated carbocycles. The van der Waals surface area contributed by atoms with Crippen molar-refractivity contribution >= 4 is 34.3 Å². The summed E-state index contributed by atoms with van der Waals surface area (Å²) in [4.78, 5) is 16.1. The van der Waals surface area contributed by atoms with Crippen molar-refractivity contribution in [1.29, 1.82) is 5.41 Å². The van der Waals surface area contributed by atoms with Crippen LogP contribution < -0.4 is 5.73 Å². The third-order valence-electron chi connectivity index (χ3n) is 5.35. The second-order valence-electron chi connectivity index (χ2n) is 7.27. The summed E-state index contributed by atoms with van der Waals surface area (Å²) in [5, 5.41) is 18.7.